The summed E-state index contributed by atoms with van der Waals surface area (Å²) in [5, 5.41) is 3.85. The van der Waals surface area contributed by atoms with Gasteiger partial charge >= 0.3 is 0 Å². The van der Waals surface area contributed by atoms with Crippen LogP contribution in [-0.4, -0.2) is 42.2 Å². The standard InChI is InChI=1S/C16H18Cl2N6O/c1-10-8-14(24-4-6-25-7-5-24)22-16(20-10)23-15(19)21-11-2-3-12(17)13(18)9-11/h2-3,8-9H,4-7H2,1H3,(H3,19,20,21,22,23). The zero-order valence-corrected chi connectivity index (χ0v) is 15.2. The maximum absolute atomic E-state index is 5.99. The smallest absolute Gasteiger partial charge is 0.254 e. The highest BCUT2D eigenvalue weighted by molar-refractivity contribution is 6.42. The molecule has 132 valence electrons. The Kier molecular flexibility index (Phi) is 5.57. The summed E-state index contributed by atoms with van der Waals surface area (Å²) in [6.45, 7) is 4.84. The number of nitrogens with zero attached hydrogens (tertiary/aromatic N) is 4. The molecule has 1 saturated heterocycles. The number of nitrogens with two attached hydrogens (primary N) is 1. The second kappa shape index (κ2) is 7.86. The van der Waals surface area contributed by atoms with E-state index in [-0.39, 0.29) is 5.96 Å². The van der Waals surface area contributed by atoms with Gasteiger partial charge in [-0.25, -0.2) is 4.98 Å². The number of ether oxygens (including phenoxy) is 1. The van der Waals surface area contributed by atoms with Crippen molar-refractivity contribution in [3.05, 3.63) is 40.0 Å². The number of aryl methyl sites for hydroxylation is 1. The Labute approximate surface area is 155 Å². The van der Waals surface area contributed by atoms with Crippen LogP contribution in [0.2, 0.25) is 10.0 Å². The van der Waals surface area contributed by atoms with Crippen molar-refractivity contribution >= 4 is 46.6 Å². The number of benzene rings is 1. The van der Waals surface area contributed by atoms with E-state index in [1.807, 2.05) is 13.0 Å². The second-order valence-corrected chi connectivity index (χ2v) is 6.33. The highest BCUT2D eigenvalue weighted by Gasteiger charge is 2.14. The number of morpholine rings is 1. The van der Waals surface area contributed by atoms with Crippen LogP contribution in [-0.2, 0) is 4.74 Å². The van der Waals surface area contributed by atoms with Crippen molar-refractivity contribution in [1.82, 2.24) is 9.97 Å². The predicted molar refractivity (Wildman–Crippen MR) is 101 cm³/mol. The molecule has 0 spiro atoms. The molecule has 1 aliphatic rings. The molecule has 3 N–H and O–H groups in total. The molecular formula is C16H18Cl2N6O. The lowest BCUT2D eigenvalue weighted by Gasteiger charge is -2.27. The van der Waals surface area contributed by atoms with E-state index >= 15 is 0 Å². The van der Waals surface area contributed by atoms with Crippen LogP contribution in [0.5, 0.6) is 0 Å². The average Bonchev–Trinajstić information content (AvgIpc) is 2.58. The Hall–Kier alpha value is -2.09. The third-order valence-electron chi connectivity index (χ3n) is 3.58. The van der Waals surface area contributed by atoms with Gasteiger partial charge in [0, 0.05) is 30.5 Å². The molecule has 2 heterocycles. The van der Waals surface area contributed by atoms with Crippen LogP contribution in [0.4, 0.5) is 17.5 Å². The van der Waals surface area contributed by atoms with E-state index in [9.17, 15) is 0 Å². The number of hydrogen-bond acceptors (Lipinski definition) is 5. The third kappa shape index (κ3) is 4.72. The van der Waals surface area contributed by atoms with Gasteiger partial charge in [-0.2, -0.15) is 9.98 Å². The van der Waals surface area contributed by atoms with Crippen molar-refractivity contribution in [3.63, 3.8) is 0 Å². The molecule has 1 fully saturated rings. The number of rotatable bonds is 3. The van der Waals surface area contributed by atoms with Crippen molar-refractivity contribution < 1.29 is 4.74 Å². The summed E-state index contributed by atoms with van der Waals surface area (Å²) in [5.41, 5.74) is 7.45. The van der Waals surface area contributed by atoms with E-state index in [1.54, 1.807) is 18.2 Å². The highest BCUT2D eigenvalue weighted by Crippen LogP contribution is 2.25. The van der Waals surface area contributed by atoms with E-state index in [0.717, 1.165) is 24.6 Å². The molecular weight excluding hydrogens is 363 g/mol. The molecule has 0 unspecified atom stereocenters. The minimum Gasteiger partial charge on any atom is -0.378 e. The number of anilines is 2. The van der Waals surface area contributed by atoms with Crippen molar-refractivity contribution in [2.45, 2.75) is 6.92 Å². The molecule has 0 bridgehead atoms. The molecule has 1 aromatic carbocycles. The maximum atomic E-state index is 5.99. The Balaban J connectivity index is 1.79. The normalized spacial score (nSPS) is 15.3. The molecule has 7 nitrogen and oxygen atoms in total. The highest BCUT2D eigenvalue weighted by atomic mass is 35.5. The Morgan fingerprint density at radius 3 is 2.68 bits per heavy atom. The summed E-state index contributed by atoms with van der Waals surface area (Å²) in [6.07, 6.45) is 0. The van der Waals surface area contributed by atoms with Gasteiger partial charge in [0.2, 0.25) is 5.96 Å². The summed E-state index contributed by atoms with van der Waals surface area (Å²) in [4.78, 5) is 15.2. The summed E-state index contributed by atoms with van der Waals surface area (Å²) >= 11 is 11.9. The van der Waals surface area contributed by atoms with E-state index in [2.05, 4.69) is 25.2 Å². The zero-order valence-electron chi connectivity index (χ0n) is 13.7. The van der Waals surface area contributed by atoms with Gasteiger partial charge in [-0.05, 0) is 25.1 Å². The van der Waals surface area contributed by atoms with Crippen molar-refractivity contribution in [2.75, 3.05) is 36.5 Å². The molecule has 1 aliphatic heterocycles. The molecule has 0 saturated carbocycles. The first-order chi connectivity index (χ1) is 12.0. The van der Waals surface area contributed by atoms with Gasteiger partial charge < -0.3 is 20.7 Å². The average molecular weight is 381 g/mol. The van der Waals surface area contributed by atoms with Crippen molar-refractivity contribution in [1.29, 1.82) is 0 Å². The van der Waals surface area contributed by atoms with Crippen LogP contribution in [0.3, 0.4) is 0 Å². The lowest BCUT2D eigenvalue weighted by atomic mass is 10.3. The molecule has 0 aliphatic carbocycles. The molecule has 0 radical (unpaired) electrons. The maximum Gasteiger partial charge on any atom is 0.254 e. The Bertz CT molecular complexity index is 792. The first kappa shape index (κ1) is 17.7. The van der Waals surface area contributed by atoms with Gasteiger partial charge in [-0.15, -0.1) is 0 Å². The fourth-order valence-electron chi connectivity index (χ4n) is 2.40. The number of hydrogen-bond donors (Lipinski definition) is 2. The summed E-state index contributed by atoms with van der Waals surface area (Å²) in [5.74, 6) is 1.28. The summed E-state index contributed by atoms with van der Waals surface area (Å²) < 4.78 is 5.37. The number of halogens is 2. The van der Waals surface area contributed by atoms with E-state index in [0.29, 0.717) is 34.9 Å². The lowest BCUT2D eigenvalue weighted by molar-refractivity contribution is 0.122. The number of guanidine groups is 1. The van der Waals surface area contributed by atoms with Crippen LogP contribution < -0.4 is 16.0 Å². The molecule has 2 aromatic rings. The van der Waals surface area contributed by atoms with E-state index < -0.39 is 0 Å². The zero-order chi connectivity index (χ0) is 17.8. The first-order valence-electron chi connectivity index (χ1n) is 7.76. The molecule has 9 heteroatoms. The van der Waals surface area contributed by atoms with Crippen LogP contribution in [0.1, 0.15) is 5.69 Å². The van der Waals surface area contributed by atoms with Crippen LogP contribution in [0, 0.1) is 6.92 Å². The van der Waals surface area contributed by atoms with E-state index in [1.165, 1.54) is 0 Å². The van der Waals surface area contributed by atoms with E-state index in [4.69, 9.17) is 33.7 Å². The van der Waals surface area contributed by atoms with Crippen LogP contribution >= 0.6 is 23.2 Å². The summed E-state index contributed by atoms with van der Waals surface area (Å²) in [6, 6.07) is 7.03. The van der Waals surface area contributed by atoms with Gasteiger partial charge in [0.1, 0.15) is 5.82 Å². The molecule has 1 aromatic heterocycles. The predicted octanol–water partition coefficient (Wildman–Crippen LogP) is 2.99. The Morgan fingerprint density at radius 1 is 1.20 bits per heavy atom. The summed E-state index contributed by atoms with van der Waals surface area (Å²) in [7, 11) is 0. The number of aliphatic imine (C=N–C) groups is 1. The van der Waals surface area contributed by atoms with Crippen LogP contribution in [0.25, 0.3) is 0 Å². The lowest BCUT2D eigenvalue weighted by Crippen LogP contribution is -2.36. The van der Waals surface area contributed by atoms with Gasteiger partial charge in [0.15, 0.2) is 0 Å². The van der Waals surface area contributed by atoms with Gasteiger partial charge in [0.05, 0.1) is 23.3 Å². The second-order valence-electron chi connectivity index (χ2n) is 5.52. The number of nitrogens with one attached hydrogen (secondary N) is 1. The topological polar surface area (TPSA) is 88.7 Å². The van der Waals surface area contributed by atoms with Crippen molar-refractivity contribution in [3.8, 4) is 0 Å². The Morgan fingerprint density at radius 2 is 1.96 bits per heavy atom. The third-order valence-corrected chi connectivity index (χ3v) is 4.32. The minimum atomic E-state index is 0.164. The van der Waals surface area contributed by atoms with Crippen molar-refractivity contribution in [2.24, 2.45) is 10.7 Å². The quantitative estimate of drug-likeness (QED) is 0.628. The molecule has 0 amide bonds. The van der Waals surface area contributed by atoms with Crippen LogP contribution in [0.15, 0.2) is 29.3 Å². The molecule has 25 heavy (non-hydrogen) atoms. The largest absolute Gasteiger partial charge is 0.378 e. The van der Waals surface area contributed by atoms with Gasteiger partial charge in [-0.3, -0.25) is 0 Å². The first-order valence-corrected chi connectivity index (χ1v) is 8.51. The molecule has 3 rings (SSSR count). The fraction of sp³-hybridized carbons (Fsp3) is 0.312. The number of aromatic nitrogens is 2. The SMILES string of the molecule is Cc1cc(N2CCOCC2)nc(/N=C(\N)Nc2ccc(Cl)c(Cl)c2)n1. The van der Waals surface area contributed by atoms with Gasteiger partial charge in [-0.1, -0.05) is 23.2 Å². The fourth-order valence-corrected chi connectivity index (χ4v) is 2.70. The molecule has 0 atom stereocenters. The monoisotopic (exact) mass is 380 g/mol. The van der Waals surface area contributed by atoms with Gasteiger partial charge in [0.25, 0.3) is 5.95 Å². The minimum absolute atomic E-state index is 0.164.